The van der Waals surface area contributed by atoms with Gasteiger partial charge in [0, 0.05) is 24.1 Å². The number of fused-ring (bicyclic) bond motifs is 1. The van der Waals surface area contributed by atoms with E-state index in [0.29, 0.717) is 0 Å². The predicted molar refractivity (Wildman–Crippen MR) is 72.2 cm³/mol. The minimum Gasteiger partial charge on any atom is -1.00 e. The van der Waals surface area contributed by atoms with E-state index in [2.05, 4.69) is 52.1 Å². The topological polar surface area (TPSA) is 0 Å². The van der Waals surface area contributed by atoms with Crippen LogP contribution in [0, 0.1) is 0 Å². The zero-order chi connectivity index (χ0) is 11.8. The monoisotopic (exact) mass is 343 g/mol. The Morgan fingerprint density at radius 1 is 1.12 bits per heavy atom. The van der Waals surface area contributed by atoms with Crippen molar-refractivity contribution in [1.82, 2.24) is 4.48 Å². The molecule has 0 bridgehead atoms. The Kier molecular flexibility index (Phi) is 4.78. The highest BCUT2D eigenvalue weighted by atomic mass is 127. The van der Waals surface area contributed by atoms with Crippen LogP contribution in [0.2, 0.25) is 0 Å². The van der Waals surface area contributed by atoms with Gasteiger partial charge in [-0.3, -0.25) is 4.48 Å². The summed E-state index contributed by atoms with van der Waals surface area (Å²) in [4.78, 5) is 0. The Morgan fingerprint density at radius 2 is 1.76 bits per heavy atom. The van der Waals surface area contributed by atoms with Crippen LogP contribution in [-0.2, 0) is 0 Å². The molecule has 94 valence electrons. The van der Waals surface area contributed by atoms with Crippen LogP contribution >= 0.6 is 0 Å². The molecule has 1 aliphatic heterocycles. The van der Waals surface area contributed by atoms with Crippen LogP contribution in [0.4, 0.5) is 5.69 Å². The van der Waals surface area contributed by atoms with Crippen LogP contribution < -0.4 is 28.5 Å². The third kappa shape index (κ3) is 2.29. The van der Waals surface area contributed by atoms with E-state index in [-0.39, 0.29) is 24.0 Å². The number of unbranched alkanes of at least 4 members (excludes halogenated alkanes) is 1. The highest BCUT2D eigenvalue weighted by Gasteiger charge is 2.37. The highest BCUT2D eigenvalue weighted by molar-refractivity contribution is 5.83. The van der Waals surface area contributed by atoms with E-state index in [4.69, 9.17) is 0 Å². The van der Waals surface area contributed by atoms with Crippen LogP contribution in [0.15, 0.2) is 30.0 Å². The van der Waals surface area contributed by atoms with Gasteiger partial charge in [0.1, 0.15) is 11.4 Å². The van der Waals surface area contributed by atoms with E-state index in [0.717, 1.165) is 4.48 Å². The van der Waals surface area contributed by atoms with Crippen molar-refractivity contribution in [2.45, 2.75) is 33.6 Å². The minimum absolute atomic E-state index is 0. The molecule has 1 aromatic carbocycles. The van der Waals surface area contributed by atoms with Crippen molar-refractivity contribution in [3.05, 3.63) is 35.5 Å². The standard InChI is InChI=1S/C15H22N.HI/c1-5-6-11-16(4)13(3)12(2)14-9-7-8-10-15(14)16;/h7-10H,5-6,11H2,1-4H3;1H/q+1;/p-1. The number of rotatable bonds is 3. The molecule has 0 amide bonds. The van der Waals surface area contributed by atoms with Gasteiger partial charge in [0.2, 0.25) is 0 Å². The zero-order valence-corrected chi connectivity index (χ0v) is 13.4. The molecule has 2 heteroatoms. The van der Waals surface area contributed by atoms with Gasteiger partial charge >= 0.3 is 0 Å². The fourth-order valence-corrected chi connectivity index (χ4v) is 2.73. The van der Waals surface area contributed by atoms with Crippen molar-refractivity contribution in [3.8, 4) is 0 Å². The predicted octanol–water partition coefficient (Wildman–Crippen LogP) is 1.19. The van der Waals surface area contributed by atoms with Crippen LogP contribution in [0.5, 0.6) is 0 Å². The lowest BCUT2D eigenvalue weighted by Gasteiger charge is -2.31. The lowest BCUT2D eigenvalue weighted by molar-refractivity contribution is -0.00000347. The van der Waals surface area contributed by atoms with Crippen LogP contribution in [-0.4, -0.2) is 13.6 Å². The van der Waals surface area contributed by atoms with Gasteiger partial charge in [-0.2, -0.15) is 0 Å². The number of allylic oxidation sites excluding steroid dienone is 2. The molecular formula is C15H22IN. The molecule has 1 atom stereocenters. The maximum absolute atomic E-state index is 2.35. The molecule has 0 fully saturated rings. The van der Waals surface area contributed by atoms with Gasteiger partial charge in [0.05, 0.1) is 13.6 Å². The molecule has 0 aromatic heterocycles. The quantitative estimate of drug-likeness (QED) is 0.571. The molecular weight excluding hydrogens is 321 g/mol. The first-order chi connectivity index (χ1) is 7.61. The average molecular weight is 343 g/mol. The van der Waals surface area contributed by atoms with Gasteiger partial charge in [-0.25, -0.2) is 0 Å². The number of halogens is 1. The van der Waals surface area contributed by atoms with Gasteiger partial charge in [0.15, 0.2) is 0 Å². The van der Waals surface area contributed by atoms with Crippen LogP contribution in [0.1, 0.15) is 39.2 Å². The lowest BCUT2D eigenvalue weighted by Crippen LogP contribution is -3.00. The molecule has 2 rings (SSSR count). The molecule has 0 radical (unpaired) electrons. The van der Waals surface area contributed by atoms with Crippen molar-refractivity contribution >= 4 is 11.3 Å². The number of quaternary nitrogens is 1. The number of hydrogen-bond acceptors (Lipinski definition) is 0. The Morgan fingerprint density at radius 3 is 2.41 bits per heavy atom. The van der Waals surface area contributed by atoms with Gasteiger partial charge < -0.3 is 24.0 Å². The van der Waals surface area contributed by atoms with E-state index in [9.17, 15) is 0 Å². The van der Waals surface area contributed by atoms with E-state index < -0.39 is 0 Å². The van der Waals surface area contributed by atoms with E-state index in [1.807, 2.05) is 0 Å². The second-order valence-electron chi connectivity index (χ2n) is 5.00. The second kappa shape index (κ2) is 5.53. The van der Waals surface area contributed by atoms with E-state index in [1.54, 1.807) is 0 Å². The summed E-state index contributed by atoms with van der Waals surface area (Å²) in [5.41, 5.74) is 5.90. The lowest BCUT2D eigenvalue weighted by atomic mass is 10.1. The molecule has 1 aromatic rings. The molecule has 0 N–H and O–H groups in total. The Labute approximate surface area is 122 Å². The van der Waals surface area contributed by atoms with Crippen molar-refractivity contribution < 1.29 is 24.0 Å². The molecule has 0 spiro atoms. The fourth-order valence-electron chi connectivity index (χ4n) is 2.73. The molecule has 0 saturated heterocycles. The second-order valence-corrected chi connectivity index (χ2v) is 5.00. The van der Waals surface area contributed by atoms with Crippen LogP contribution in [0.3, 0.4) is 0 Å². The van der Waals surface area contributed by atoms with Crippen molar-refractivity contribution in [1.29, 1.82) is 0 Å². The zero-order valence-electron chi connectivity index (χ0n) is 11.3. The third-order valence-electron chi connectivity index (χ3n) is 4.08. The maximum atomic E-state index is 2.35. The number of nitrogens with zero attached hydrogens (tertiary/aromatic N) is 1. The third-order valence-corrected chi connectivity index (χ3v) is 4.08. The van der Waals surface area contributed by atoms with Crippen molar-refractivity contribution in [2.24, 2.45) is 0 Å². The normalized spacial score (nSPS) is 22.4. The summed E-state index contributed by atoms with van der Waals surface area (Å²) in [5.74, 6) is 0. The van der Waals surface area contributed by atoms with E-state index >= 15 is 0 Å². The summed E-state index contributed by atoms with van der Waals surface area (Å²) in [6.45, 7) is 8.02. The highest BCUT2D eigenvalue weighted by Crippen LogP contribution is 2.43. The smallest absolute Gasteiger partial charge is 0.145 e. The Hall–Kier alpha value is -0.350. The molecule has 0 saturated carbocycles. The summed E-state index contributed by atoms with van der Waals surface area (Å²) < 4.78 is 1.01. The summed E-state index contributed by atoms with van der Waals surface area (Å²) in [6, 6.07) is 8.84. The van der Waals surface area contributed by atoms with Gasteiger partial charge in [-0.05, 0) is 19.4 Å². The fraction of sp³-hybridized carbons (Fsp3) is 0.467. The van der Waals surface area contributed by atoms with Crippen molar-refractivity contribution in [3.63, 3.8) is 0 Å². The average Bonchev–Trinajstić information content (AvgIpc) is 2.51. The molecule has 1 nitrogen and oxygen atoms in total. The van der Waals surface area contributed by atoms with Gasteiger partial charge in [0.25, 0.3) is 0 Å². The number of hydrogen-bond donors (Lipinski definition) is 0. The number of benzene rings is 1. The first-order valence-electron chi connectivity index (χ1n) is 6.25. The van der Waals surface area contributed by atoms with E-state index in [1.165, 1.54) is 41.9 Å². The van der Waals surface area contributed by atoms with Crippen molar-refractivity contribution in [2.75, 3.05) is 13.6 Å². The Bertz CT molecular complexity index is 436. The van der Waals surface area contributed by atoms with Gasteiger partial charge in [-0.1, -0.05) is 25.5 Å². The molecule has 1 unspecified atom stereocenters. The minimum atomic E-state index is 0. The van der Waals surface area contributed by atoms with Crippen LogP contribution in [0.25, 0.3) is 5.57 Å². The number of para-hydroxylation sites is 1. The van der Waals surface area contributed by atoms with Gasteiger partial charge in [-0.15, -0.1) is 0 Å². The Balaban J connectivity index is 0.00000144. The molecule has 1 aliphatic rings. The molecule has 1 heterocycles. The first kappa shape index (κ1) is 14.7. The summed E-state index contributed by atoms with van der Waals surface area (Å²) >= 11 is 0. The molecule has 17 heavy (non-hydrogen) atoms. The first-order valence-corrected chi connectivity index (χ1v) is 6.25. The SMILES string of the molecule is CCCC[N+]1(C)C(C)=C(C)c2ccccc21.[I-]. The summed E-state index contributed by atoms with van der Waals surface area (Å²) in [5, 5.41) is 0. The molecule has 0 aliphatic carbocycles. The summed E-state index contributed by atoms with van der Waals surface area (Å²) in [7, 11) is 2.35. The largest absolute Gasteiger partial charge is 1.00 e. The maximum Gasteiger partial charge on any atom is 0.145 e. The summed E-state index contributed by atoms with van der Waals surface area (Å²) in [6.07, 6.45) is 2.55.